The first-order valence-corrected chi connectivity index (χ1v) is 11.4. The molecule has 13 heteroatoms. The highest BCUT2D eigenvalue weighted by Crippen LogP contribution is 2.37. The number of carbonyl (C=O) groups is 1. The largest absolute Gasteiger partial charge is 0.437 e. The number of hydrogen-bond acceptors (Lipinski definition) is 5. The minimum Gasteiger partial charge on any atom is -0.437 e. The lowest BCUT2D eigenvalue weighted by atomic mass is 10.2. The first-order chi connectivity index (χ1) is 16.3. The lowest BCUT2D eigenvalue weighted by molar-refractivity contribution is -0.137. The van der Waals surface area contributed by atoms with Crippen molar-refractivity contribution in [2.24, 2.45) is 0 Å². The molecule has 0 saturated carbocycles. The van der Waals surface area contributed by atoms with Gasteiger partial charge < -0.3 is 10.1 Å². The number of amides is 1. The zero-order chi connectivity index (χ0) is 26.0. The van der Waals surface area contributed by atoms with Crippen molar-refractivity contribution in [1.29, 1.82) is 0 Å². The first-order valence-electron chi connectivity index (χ1n) is 9.56. The molecule has 35 heavy (non-hydrogen) atoms. The molecule has 1 aromatic heterocycles. The number of halogens is 5. The van der Waals surface area contributed by atoms with Crippen LogP contribution in [0.2, 0.25) is 5.02 Å². The van der Waals surface area contributed by atoms with Gasteiger partial charge in [0.15, 0.2) is 5.83 Å². The Kier molecular flexibility index (Phi) is 7.36. The number of nitrogens with zero attached hydrogens (tertiary/aromatic N) is 1. The normalized spacial score (nSPS) is 11.6. The number of sulfonamides is 1. The minimum absolute atomic E-state index is 0.139. The molecule has 2 aromatic carbocycles. The SMILES string of the molecule is C=C(F)C(=O)Nc1ccc(Oc2ncc(C)cc2NS(=O)(=O)c2ccc(Cl)c(C(F)(F)F)c2)cc1. The van der Waals surface area contributed by atoms with Gasteiger partial charge in [-0.2, -0.15) is 13.2 Å². The smallest absolute Gasteiger partial charge is 0.417 e. The second-order valence-corrected chi connectivity index (χ2v) is 9.19. The maximum absolute atomic E-state index is 13.2. The van der Waals surface area contributed by atoms with E-state index in [0.29, 0.717) is 11.6 Å². The molecule has 0 fully saturated rings. The zero-order valence-electron chi connectivity index (χ0n) is 17.8. The van der Waals surface area contributed by atoms with E-state index in [1.807, 2.05) is 0 Å². The summed E-state index contributed by atoms with van der Waals surface area (Å²) < 4.78 is 85.8. The summed E-state index contributed by atoms with van der Waals surface area (Å²) >= 11 is 5.57. The Morgan fingerprint density at radius 3 is 2.37 bits per heavy atom. The van der Waals surface area contributed by atoms with Crippen molar-refractivity contribution in [2.45, 2.75) is 18.0 Å². The summed E-state index contributed by atoms with van der Waals surface area (Å²) in [7, 11) is -4.49. The Labute approximate surface area is 202 Å². The average Bonchev–Trinajstić information content (AvgIpc) is 2.76. The van der Waals surface area contributed by atoms with E-state index in [9.17, 15) is 30.8 Å². The third kappa shape index (κ3) is 6.49. The highest BCUT2D eigenvalue weighted by atomic mass is 35.5. The van der Waals surface area contributed by atoms with E-state index < -0.39 is 43.4 Å². The molecule has 3 rings (SSSR count). The number of rotatable bonds is 7. The highest BCUT2D eigenvalue weighted by Gasteiger charge is 2.34. The van der Waals surface area contributed by atoms with Gasteiger partial charge in [0, 0.05) is 11.9 Å². The lowest BCUT2D eigenvalue weighted by Crippen LogP contribution is -2.16. The summed E-state index contributed by atoms with van der Waals surface area (Å²) in [5.41, 5.74) is -0.669. The van der Waals surface area contributed by atoms with Gasteiger partial charge in [-0.05, 0) is 61.0 Å². The maximum Gasteiger partial charge on any atom is 0.417 e. The molecule has 0 aliphatic rings. The van der Waals surface area contributed by atoms with Gasteiger partial charge in [-0.1, -0.05) is 18.2 Å². The number of hydrogen-bond donors (Lipinski definition) is 2. The predicted molar refractivity (Wildman–Crippen MR) is 122 cm³/mol. The van der Waals surface area contributed by atoms with Gasteiger partial charge in [0.25, 0.3) is 15.9 Å². The Morgan fingerprint density at radius 2 is 1.77 bits per heavy atom. The van der Waals surface area contributed by atoms with Crippen molar-refractivity contribution in [1.82, 2.24) is 4.98 Å². The standard InChI is InChI=1S/C22H16ClF4N3O4S/c1-12-9-19(30-35(32,33)16-7-8-18(23)17(10-16)22(25,26)27)21(28-11-12)34-15-5-3-14(4-6-15)29-20(31)13(2)24/h3-11,30H,2H2,1H3,(H,29,31). The van der Waals surface area contributed by atoms with Crippen LogP contribution in [-0.2, 0) is 21.0 Å². The average molecular weight is 530 g/mol. The second-order valence-electron chi connectivity index (χ2n) is 7.10. The molecule has 0 unspecified atom stereocenters. The van der Waals surface area contributed by atoms with E-state index in [0.717, 1.165) is 12.1 Å². The lowest BCUT2D eigenvalue weighted by Gasteiger charge is -2.15. The predicted octanol–water partition coefficient (Wildman–Crippen LogP) is 6.08. The molecule has 0 saturated heterocycles. The summed E-state index contributed by atoms with van der Waals surface area (Å²) in [6, 6.07) is 9.14. The fourth-order valence-corrected chi connectivity index (χ4v) is 4.02. The van der Waals surface area contributed by atoms with Gasteiger partial charge in [0.1, 0.15) is 11.4 Å². The molecule has 0 bridgehead atoms. The topological polar surface area (TPSA) is 97.4 Å². The van der Waals surface area contributed by atoms with Crippen molar-refractivity contribution in [3.63, 3.8) is 0 Å². The van der Waals surface area contributed by atoms with E-state index in [2.05, 4.69) is 21.6 Å². The van der Waals surface area contributed by atoms with E-state index in [1.54, 1.807) is 6.92 Å². The number of benzene rings is 2. The fraction of sp³-hybridized carbons (Fsp3) is 0.0909. The third-order valence-electron chi connectivity index (χ3n) is 4.36. The number of carbonyl (C=O) groups excluding carboxylic acids is 1. The number of nitrogens with one attached hydrogen (secondary N) is 2. The minimum atomic E-state index is -4.86. The number of alkyl halides is 3. The number of pyridine rings is 1. The van der Waals surface area contributed by atoms with Crippen LogP contribution in [0.3, 0.4) is 0 Å². The molecular formula is C22H16ClF4N3O4S. The molecule has 2 N–H and O–H groups in total. The van der Waals surface area contributed by atoms with Gasteiger partial charge >= 0.3 is 6.18 Å². The molecule has 0 spiro atoms. The van der Waals surface area contributed by atoms with Gasteiger partial charge in [-0.25, -0.2) is 17.8 Å². The van der Waals surface area contributed by atoms with Crippen LogP contribution in [-0.4, -0.2) is 19.3 Å². The van der Waals surface area contributed by atoms with Crippen LogP contribution in [0.5, 0.6) is 11.6 Å². The molecule has 7 nitrogen and oxygen atoms in total. The van der Waals surface area contributed by atoms with Crippen molar-refractivity contribution in [3.05, 3.63) is 83.3 Å². The fourth-order valence-electron chi connectivity index (χ4n) is 2.72. The number of ether oxygens (including phenoxy) is 1. The number of aromatic nitrogens is 1. The number of aryl methyl sites for hydroxylation is 1. The summed E-state index contributed by atoms with van der Waals surface area (Å²) in [4.78, 5) is 14.7. The highest BCUT2D eigenvalue weighted by molar-refractivity contribution is 7.92. The third-order valence-corrected chi connectivity index (χ3v) is 6.05. The zero-order valence-corrected chi connectivity index (χ0v) is 19.4. The molecule has 0 radical (unpaired) electrons. The first kappa shape index (κ1) is 26.0. The monoisotopic (exact) mass is 529 g/mol. The van der Waals surface area contributed by atoms with Crippen LogP contribution in [0.15, 0.2) is 72.0 Å². The van der Waals surface area contributed by atoms with Crippen molar-refractivity contribution in [2.75, 3.05) is 10.0 Å². The Bertz CT molecular complexity index is 1390. The van der Waals surface area contributed by atoms with Crippen LogP contribution < -0.4 is 14.8 Å². The molecular weight excluding hydrogens is 514 g/mol. The van der Waals surface area contributed by atoms with Crippen LogP contribution in [0, 0.1) is 6.92 Å². The van der Waals surface area contributed by atoms with E-state index in [-0.39, 0.29) is 23.0 Å². The summed E-state index contributed by atoms with van der Waals surface area (Å²) in [6.45, 7) is 4.50. The molecule has 184 valence electrons. The molecule has 1 heterocycles. The molecule has 0 atom stereocenters. The van der Waals surface area contributed by atoms with Gasteiger partial charge in [0.05, 0.1) is 15.5 Å². The van der Waals surface area contributed by atoms with Crippen molar-refractivity contribution >= 4 is 38.9 Å². The quantitative estimate of drug-likeness (QED) is 0.286. The summed E-state index contributed by atoms with van der Waals surface area (Å²) in [5.74, 6) is -2.22. The van der Waals surface area contributed by atoms with Gasteiger partial charge in [-0.15, -0.1) is 0 Å². The van der Waals surface area contributed by atoms with Crippen LogP contribution in [0.25, 0.3) is 0 Å². The summed E-state index contributed by atoms with van der Waals surface area (Å²) in [5, 5.41) is 1.61. The van der Waals surface area contributed by atoms with Crippen LogP contribution in [0.4, 0.5) is 28.9 Å². The van der Waals surface area contributed by atoms with Gasteiger partial charge in [-0.3, -0.25) is 9.52 Å². The van der Waals surface area contributed by atoms with Crippen molar-refractivity contribution in [3.8, 4) is 11.6 Å². The molecule has 3 aromatic rings. The maximum atomic E-state index is 13.2. The molecule has 1 amide bonds. The van der Waals surface area contributed by atoms with Crippen LogP contribution >= 0.6 is 11.6 Å². The van der Waals surface area contributed by atoms with Gasteiger partial charge in [0.2, 0.25) is 5.88 Å². The Morgan fingerprint density at radius 1 is 1.11 bits per heavy atom. The Hall–Kier alpha value is -3.64. The Balaban J connectivity index is 1.88. The molecule has 0 aliphatic heterocycles. The van der Waals surface area contributed by atoms with E-state index in [4.69, 9.17) is 16.3 Å². The van der Waals surface area contributed by atoms with Crippen molar-refractivity contribution < 1.29 is 35.5 Å². The number of anilines is 2. The molecule has 0 aliphatic carbocycles. The van der Waals surface area contributed by atoms with Crippen LogP contribution in [0.1, 0.15) is 11.1 Å². The van der Waals surface area contributed by atoms with E-state index in [1.165, 1.54) is 36.5 Å². The van der Waals surface area contributed by atoms with E-state index >= 15 is 0 Å². The summed E-state index contributed by atoms with van der Waals surface area (Å²) in [6.07, 6.45) is -3.47. The second kappa shape index (κ2) is 9.92.